The molecule has 0 aromatic heterocycles. The van der Waals surface area contributed by atoms with E-state index < -0.39 is 23.8 Å². The minimum Gasteiger partial charge on any atom is -0.479 e. The molecule has 0 bridgehead atoms. The molecule has 0 saturated carbocycles. The van der Waals surface area contributed by atoms with Gasteiger partial charge in [0.2, 0.25) is 0 Å². The third-order valence-electron chi connectivity index (χ3n) is 3.00. The second-order valence-electron chi connectivity index (χ2n) is 7.00. The van der Waals surface area contributed by atoms with Crippen molar-refractivity contribution in [2.24, 2.45) is 5.73 Å². The van der Waals surface area contributed by atoms with Crippen LogP contribution in [0.3, 0.4) is 0 Å². The second-order valence-corrected chi connectivity index (χ2v) is 7.00. The highest BCUT2D eigenvalue weighted by Gasteiger charge is 2.30. The van der Waals surface area contributed by atoms with Crippen molar-refractivity contribution >= 4 is 5.97 Å². The quantitative estimate of drug-likeness (QED) is 0.779. The molecule has 4 nitrogen and oxygen atoms in total. The molecule has 0 amide bonds. The van der Waals surface area contributed by atoms with E-state index in [0.717, 1.165) is 12.1 Å². The number of alkyl halides is 3. The summed E-state index contributed by atoms with van der Waals surface area (Å²) in [4.78, 5) is 11.2. The van der Waals surface area contributed by atoms with Gasteiger partial charge in [-0.3, -0.25) is 0 Å². The number of carboxylic acids is 1. The lowest BCUT2D eigenvalue weighted by molar-refractivity contribution is -0.152. The SMILES string of the molecule is CC(C)(C)N.O=C(O)C(OCc1cccc(C(F)(F)F)c1)c1ccccc1. The van der Waals surface area contributed by atoms with Gasteiger partial charge in [-0.15, -0.1) is 0 Å². The maximum atomic E-state index is 12.6. The van der Waals surface area contributed by atoms with Crippen molar-refractivity contribution in [3.63, 3.8) is 0 Å². The van der Waals surface area contributed by atoms with Crippen LogP contribution < -0.4 is 5.73 Å². The van der Waals surface area contributed by atoms with Gasteiger partial charge in [0.1, 0.15) is 0 Å². The Bertz CT molecular complexity index is 719. The van der Waals surface area contributed by atoms with Crippen LogP contribution in [0.5, 0.6) is 0 Å². The van der Waals surface area contributed by atoms with Crippen molar-refractivity contribution in [2.75, 3.05) is 0 Å². The van der Waals surface area contributed by atoms with Crippen molar-refractivity contribution in [1.29, 1.82) is 0 Å². The minimum atomic E-state index is -4.44. The lowest BCUT2D eigenvalue weighted by atomic mass is 10.1. The highest BCUT2D eigenvalue weighted by Crippen LogP contribution is 2.30. The number of ether oxygens (including phenoxy) is 1. The predicted octanol–water partition coefficient (Wildman–Crippen LogP) is 4.79. The lowest BCUT2D eigenvalue weighted by Gasteiger charge is -2.15. The van der Waals surface area contributed by atoms with E-state index in [0.29, 0.717) is 5.56 Å². The normalized spacial score (nSPS) is 12.7. The first kappa shape index (κ1) is 22.7. The van der Waals surface area contributed by atoms with Gasteiger partial charge in [-0.2, -0.15) is 13.2 Å². The molecule has 3 N–H and O–H groups in total. The maximum Gasteiger partial charge on any atom is 0.416 e. The summed E-state index contributed by atoms with van der Waals surface area (Å²) >= 11 is 0. The van der Waals surface area contributed by atoms with Crippen LogP contribution in [0, 0.1) is 0 Å². The second kappa shape index (κ2) is 9.53. The number of hydrogen-bond donors (Lipinski definition) is 2. The fourth-order valence-electron chi connectivity index (χ4n) is 1.95. The minimum absolute atomic E-state index is 0. The van der Waals surface area contributed by atoms with Crippen LogP contribution in [0.2, 0.25) is 0 Å². The van der Waals surface area contributed by atoms with Crippen LogP contribution >= 0.6 is 0 Å². The molecular weight excluding hydrogens is 359 g/mol. The average molecular weight is 383 g/mol. The van der Waals surface area contributed by atoms with Gasteiger partial charge in [0.15, 0.2) is 6.10 Å². The number of benzene rings is 2. The van der Waals surface area contributed by atoms with Crippen LogP contribution in [-0.4, -0.2) is 16.6 Å². The first-order valence-electron chi connectivity index (χ1n) is 8.22. The lowest BCUT2D eigenvalue weighted by Crippen LogP contribution is -2.26. The Morgan fingerprint density at radius 2 is 1.63 bits per heavy atom. The van der Waals surface area contributed by atoms with Gasteiger partial charge in [0.05, 0.1) is 12.2 Å². The van der Waals surface area contributed by atoms with Crippen molar-refractivity contribution < 1.29 is 27.8 Å². The van der Waals surface area contributed by atoms with Gasteiger partial charge >= 0.3 is 12.1 Å². The molecule has 1 unspecified atom stereocenters. The third kappa shape index (κ3) is 9.21. The fourth-order valence-corrected chi connectivity index (χ4v) is 1.95. The molecule has 0 saturated heterocycles. The number of aliphatic carboxylic acids is 1. The predicted molar refractivity (Wildman–Crippen MR) is 97.0 cm³/mol. The van der Waals surface area contributed by atoms with E-state index in [1.165, 1.54) is 12.1 Å². The van der Waals surface area contributed by atoms with Crippen molar-refractivity contribution in [1.82, 2.24) is 0 Å². The molecule has 2 rings (SSSR count). The fraction of sp³-hybridized carbons (Fsp3) is 0.350. The maximum absolute atomic E-state index is 12.6. The molecule has 27 heavy (non-hydrogen) atoms. The largest absolute Gasteiger partial charge is 0.479 e. The monoisotopic (exact) mass is 383 g/mol. The Morgan fingerprint density at radius 3 is 2.11 bits per heavy atom. The standard InChI is InChI=1S/C16H13F3O3.C4H11N/c17-16(18,19)13-8-4-5-11(9-13)10-22-14(15(20)21)12-6-2-1-3-7-12;1-4(2,3)5/h1-9,14H,10H2,(H,20,21);5H2,1-3H3. The summed E-state index contributed by atoms with van der Waals surface area (Å²) in [6, 6.07) is 12.9. The highest BCUT2D eigenvalue weighted by molar-refractivity contribution is 5.74. The van der Waals surface area contributed by atoms with Gasteiger partial charge in [-0.05, 0) is 44.0 Å². The van der Waals surface area contributed by atoms with Crippen LogP contribution in [0.1, 0.15) is 43.6 Å². The molecule has 0 aliphatic rings. The van der Waals surface area contributed by atoms with Crippen molar-refractivity contribution in [3.05, 3.63) is 71.3 Å². The first-order valence-corrected chi connectivity index (χ1v) is 8.22. The zero-order valence-electron chi connectivity index (χ0n) is 15.5. The summed E-state index contributed by atoms with van der Waals surface area (Å²) < 4.78 is 43.2. The van der Waals surface area contributed by atoms with Crippen molar-refractivity contribution in [3.8, 4) is 0 Å². The van der Waals surface area contributed by atoms with E-state index in [4.69, 9.17) is 10.5 Å². The molecular formula is C20H24F3NO3. The summed E-state index contributed by atoms with van der Waals surface area (Å²) in [5.74, 6) is -1.20. The number of halogens is 3. The molecule has 7 heteroatoms. The highest BCUT2D eigenvalue weighted by atomic mass is 19.4. The number of hydrogen-bond acceptors (Lipinski definition) is 3. The van der Waals surface area contributed by atoms with Gasteiger partial charge < -0.3 is 15.6 Å². The number of rotatable bonds is 5. The molecule has 0 spiro atoms. The van der Waals surface area contributed by atoms with E-state index in [-0.39, 0.29) is 17.7 Å². The van der Waals surface area contributed by atoms with E-state index in [2.05, 4.69) is 0 Å². The molecule has 0 fully saturated rings. The molecule has 1 atom stereocenters. The molecule has 148 valence electrons. The van der Waals surface area contributed by atoms with Crippen LogP contribution in [-0.2, 0) is 22.3 Å². The van der Waals surface area contributed by atoms with E-state index in [1.54, 1.807) is 30.3 Å². The molecule has 0 radical (unpaired) electrons. The Morgan fingerprint density at radius 1 is 1.07 bits per heavy atom. The number of carboxylic acid groups (broad SMARTS) is 1. The van der Waals surface area contributed by atoms with Gasteiger partial charge in [0.25, 0.3) is 0 Å². The van der Waals surface area contributed by atoms with Crippen molar-refractivity contribution in [2.45, 2.75) is 45.2 Å². The summed E-state index contributed by atoms with van der Waals surface area (Å²) in [5, 5.41) is 9.18. The molecule has 0 aliphatic heterocycles. The molecule has 2 aromatic carbocycles. The third-order valence-corrected chi connectivity index (χ3v) is 3.00. The van der Waals surface area contributed by atoms with E-state index in [9.17, 15) is 23.1 Å². The zero-order valence-corrected chi connectivity index (χ0v) is 15.5. The topological polar surface area (TPSA) is 72.6 Å². The Balaban J connectivity index is 0.000000646. The average Bonchev–Trinajstić information content (AvgIpc) is 2.54. The number of nitrogens with two attached hydrogens (primary N) is 1. The van der Waals surface area contributed by atoms with Crippen LogP contribution in [0.15, 0.2) is 54.6 Å². The van der Waals surface area contributed by atoms with Crippen LogP contribution in [0.4, 0.5) is 13.2 Å². The summed E-state index contributed by atoms with van der Waals surface area (Å²) in [6.45, 7) is 5.67. The molecule has 0 heterocycles. The smallest absolute Gasteiger partial charge is 0.416 e. The summed E-state index contributed by atoms with van der Waals surface area (Å²) in [6.07, 6.45) is -5.67. The van der Waals surface area contributed by atoms with E-state index >= 15 is 0 Å². The van der Waals surface area contributed by atoms with Gasteiger partial charge in [0, 0.05) is 5.54 Å². The number of carbonyl (C=O) groups is 1. The van der Waals surface area contributed by atoms with E-state index in [1.807, 2.05) is 20.8 Å². The Hall–Kier alpha value is -2.38. The first-order chi connectivity index (χ1) is 12.4. The Kier molecular flexibility index (Phi) is 7.99. The van der Waals surface area contributed by atoms with Gasteiger partial charge in [-0.25, -0.2) is 4.79 Å². The Labute approximate surface area is 156 Å². The molecule has 2 aromatic rings. The summed E-state index contributed by atoms with van der Waals surface area (Å²) in [5.41, 5.74) is 5.26. The summed E-state index contributed by atoms with van der Waals surface area (Å²) in [7, 11) is 0. The van der Waals surface area contributed by atoms with Gasteiger partial charge in [-0.1, -0.05) is 42.5 Å². The molecule has 0 aliphatic carbocycles. The zero-order chi connectivity index (χ0) is 20.7. The van der Waals surface area contributed by atoms with Crippen LogP contribution in [0.25, 0.3) is 0 Å².